The SMILES string of the molecule is c1ccc(-c2ccc(-c3ccc4ccc5c(c4c3)c3ccccc3n5-c3nc(-c4ccccc4)nc(-c4ccccc4)n3)cc2)cc1.c1ccc(-c2nc(-c3ccccc3)nc(-n3c4ccccc4c4c5ccc(-c6ccc7c(ccc8ccccc87)c6)cc5ccc43)n2)cc1.c1ccc(-c2nc(-c3ccccc3)nc(-n3c4ccccc4c4c5ccc(-c6ccc7ccc8ccccc8c7c6)cc5ccc43)n2)cc1. The van der Waals surface area contributed by atoms with E-state index < -0.39 is 0 Å². The van der Waals surface area contributed by atoms with E-state index in [1.54, 1.807) is 0 Å². The van der Waals surface area contributed by atoms with Crippen LogP contribution in [-0.4, -0.2) is 58.6 Å². The molecule has 23 aromatic carbocycles. The van der Waals surface area contributed by atoms with Crippen molar-refractivity contribution in [3.05, 3.63) is 510 Å². The lowest BCUT2D eigenvalue weighted by atomic mass is 9.95. The second-order valence-electron chi connectivity index (χ2n) is 36.7. The molecule has 0 radical (unpaired) electrons. The van der Waals surface area contributed by atoms with Gasteiger partial charge in [-0.25, -0.2) is 15.0 Å². The quantitative estimate of drug-likeness (QED) is 0.104. The van der Waals surface area contributed by atoms with Crippen LogP contribution in [0.1, 0.15) is 0 Å². The molecule has 0 saturated heterocycles. The first kappa shape index (κ1) is 84.6. The summed E-state index contributed by atoms with van der Waals surface area (Å²) in [5, 5.41) is 24.4. The Labute approximate surface area is 833 Å². The van der Waals surface area contributed by atoms with E-state index in [1.807, 2.05) is 182 Å². The maximum atomic E-state index is 5.09. The summed E-state index contributed by atoms with van der Waals surface area (Å²) in [6, 6.07) is 179. The van der Waals surface area contributed by atoms with Crippen LogP contribution < -0.4 is 0 Å². The number of benzene rings is 23. The molecular formula is C133H84N12. The molecular weight excluding hydrogens is 1770 g/mol. The molecule has 0 atom stereocenters. The zero-order valence-electron chi connectivity index (χ0n) is 78.4. The maximum absolute atomic E-state index is 5.09. The van der Waals surface area contributed by atoms with E-state index in [0.717, 1.165) is 82.6 Å². The second-order valence-corrected chi connectivity index (χ2v) is 36.7. The summed E-state index contributed by atoms with van der Waals surface area (Å²) < 4.78 is 6.56. The van der Waals surface area contributed by atoms with E-state index in [0.29, 0.717) is 52.8 Å². The number of aromatic nitrogens is 12. The van der Waals surface area contributed by atoms with Crippen LogP contribution >= 0.6 is 0 Å². The molecule has 0 saturated carbocycles. The molecule has 12 heteroatoms. The van der Waals surface area contributed by atoms with Crippen LogP contribution in [0.5, 0.6) is 0 Å². The first-order valence-corrected chi connectivity index (χ1v) is 48.9. The van der Waals surface area contributed by atoms with Crippen molar-refractivity contribution < 1.29 is 0 Å². The van der Waals surface area contributed by atoms with Crippen LogP contribution in [0.25, 0.3) is 272 Å². The Balaban J connectivity index is 0.000000108. The lowest BCUT2D eigenvalue weighted by Crippen LogP contribution is -2.06. The highest BCUT2D eigenvalue weighted by atomic mass is 15.2. The standard InChI is InChI=1S/2C45H28N4.C43H28N4/c1-3-12-30(13-4-1)43-46-44(31-14-5-2-6-15-31)48-45(47-43)49-40-18-10-9-17-39(40)42-38-25-22-33(28-35(38)23-26-41(42)49)32-21-24-37-34(27-32)20-19-29-11-7-8-16-36(29)37;1-3-12-31(13-4-1)43-46-44(32-14-5-2-6-15-32)48-45(47-43)49-40-18-10-9-17-38(40)42-37-25-23-33(27-35(37)24-26-41(42)49)34-22-21-30-20-19-29-11-7-8-16-36(29)39(30)28-34;1-4-12-29(13-5-1)30-20-22-31(23-21-30)35-25-24-32-26-27-39-40(37(32)28-35)36-18-10-11-19-38(36)47(39)43-45-41(33-14-6-2-7-15-33)44-42(46-43)34-16-8-3-9-17-34/h2*1-28H;1-28H. The molecule has 0 bridgehead atoms. The van der Waals surface area contributed by atoms with E-state index in [2.05, 4.69) is 341 Å². The Morgan fingerprint density at radius 3 is 0.683 bits per heavy atom. The van der Waals surface area contributed by atoms with E-state index in [1.165, 1.54) is 136 Å². The zero-order valence-corrected chi connectivity index (χ0v) is 78.4. The molecule has 0 fully saturated rings. The van der Waals surface area contributed by atoms with Gasteiger partial charge in [-0.2, -0.15) is 29.9 Å². The van der Waals surface area contributed by atoms with Gasteiger partial charge in [0.05, 0.1) is 33.1 Å². The Morgan fingerprint density at radius 2 is 0.317 bits per heavy atom. The topological polar surface area (TPSA) is 131 Å². The first-order chi connectivity index (χ1) is 71.9. The van der Waals surface area contributed by atoms with Gasteiger partial charge >= 0.3 is 0 Å². The largest absolute Gasteiger partial charge is 0.278 e. The van der Waals surface area contributed by atoms with E-state index in [9.17, 15) is 0 Å². The summed E-state index contributed by atoms with van der Waals surface area (Å²) in [7, 11) is 0. The molecule has 0 unspecified atom stereocenters. The highest BCUT2D eigenvalue weighted by Crippen LogP contribution is 2.45. The van der Waals surface area contributed by atoms with Crippen molar-refractivity contribution in [2.24, 2.45) is 0 Å². The van der Waals surface area contributed by atoms with Crippen molar-refractivity contribution in [2.45, 2.75) is 0 Å². The molecule has 0 aliphatic rings. The number of nitrogens with zero attached hydrogens (tertiary/aromatic N) is 12. The van der Waals surface area contributed by atoms with Crippen LogP contribution in [0, 0.1) is 0 Å². The van der Waals surface area contributed by atoms with Crippen LogP contribution in [0.3, 0.4) is 0 Å². The van der Waals surface area contributed by atoms with Gasteiger partial charge in [0, 0.05) is 65.7 Å². The van der Waals surface area contributed by atoms with Crippen molar-refractivity contribution in [1.82, 2.24) is 58.6 Å². The van der Waals surface area contributed by atoms with Crippen LogP contribution in [-0.2, 0) is 0 Å². The summed E-state index contributed by atoms with van der Waals surface area (Å²) in [6.07, 6.45) is 0. The highest BCUT2D eigenvalue weighted by molar-refractivity contribution is 6.25. The number of fused-ring (bicyclic) bond motifs is 21. The molecule has 0 aliphatic carbocycles. The molecule has 6 heterocycles. The van der Waals surface area contributed by atoms with E-state index in [4.69, 9.17) is 44.9 Å². The predicted molar refractivity (Wildman–Crippen MR) is 599 cm³/mol. The van der Waals surface area contributed by atoms with Crippen molar-refractivity contribution in [1.29, 1.82) is 0 Å². The molecule has 6 aromatic heterocycles. The highest BCUT2D eigenvalue weighted by Gasteiger charge is 2.26. The van der Waals surface area contributed by atoms with Crippen molar-refractivity contribution in [3.8, 4) is 131 Å². The van der Waals surface area contributed by atoms with Gasteiger partial charge in [-0.1, -0.05) is 443 Å². The van der Waals surface area contributed by atoms with Gasteiger partial charge in [0.15, 0.2) is 34.9 Å². The zero-order chi connectivity index (χ0) is 95.8. The summed E-state index contributed by atoms with van der Waals surface area (Å²) in [5.41, 5.74) is 21.6. The number of hydrogen-bond acceptors (Lipinski definition) is 9. The van der Waals surface area contributed by atoms with Gasteiger partial charge in [0.1, 0.15) is 0 Å². The Morgan fingerprint density at radius 1 is 0.110 bits per heavy atom. The molecule has 0 spiro atoms. The smallest absolute Gasteiger partial charge is 0.238 e. The molecule has 0 N–H and O–H groups in total. The second kappa shape index (κ2) is 35.9. The Bertz CT molecular complexity index is 9950. The summed E-state index contributed by atoms with van der Waals surface area (Å²) >= 11 is 0. The van der Waals surface area contributed by atoms with Crippen molar-refractivity contribution >= 4 is 141 Å². The fourth-order valence-corrected chi connectivity index (χ4v) is 21.1. The molecule has 29 aromatic rings. The third-order valence-electron chi connectivity index (χ3n) is 28.1. The molecule has 676 valence electrons. The summed E-state index contributed by atoms with van der Waals surface area (Å²) in [5.74, 6) is 5.64. The van der Waals surface area contributed by atoms with Gasteiger partial charge in [-0.05, 0) is 187 Å². The summed E-state index contributed by atoms with van der Waals surface area (Å²) in [6.45, 7) is 0. The minimum absolute atomic E-state index is 0.593. The van der Waals surface area contributed by atoms with Crippen molar-refractivity contribution in [3.63, 3.8) is 0 Å². The van der Waals surface area contributed by atoms with Crippen LogP contribution in [0.2, 0.25) is 0 Å². The minimum atomic E-state index is 0.593. The predicted octanol–water partition coefficient (Wildman–Crippen LogP) is 33.6. The maximum Gasteiger partial charge on any atom is 0.238 e. The lowest BCUT2D eigenvalue weighted by molar-refractivity contribution is 0.953. The van der Waals surface area contributed by atoms with Gasteiger partial charge in [-0.15, -0.1) is 0 Å². The number of hydrogen-bond donors (Lipinski definition) is 0. The average Bonchev–Trinajstić information content (AvgIpc) is 1.58. The fourth-order valence-electron chi connectivity index (χ4n) is 21.1. The molecule has 0 amide bonds. The van der Waals surface area contributed by atoms with Crippen molar-refractivity contribution in [2.75, 3.05) is 0 Å². The monoisotopic (exact) mass is 1850 g/mol. The number of rotatable bonds is 13. The van der Waals surface area contributed by atoms with Gasteiger partial charge in [0.25, 0.3) is 0 Å². The van der Waals surface area contributed by atoms with Crippen LogP contribution in [0.4, 0.5) is 0 Å². The van der Waals surface area contributed by atoms with Gasteiger partial charge in [-0.3, -0.25) is 13.7 Å². The molecule has 145 heavy (non-hydrogen) atoms. The average molecular weight is 1850 g/mol. The lowest BCUT2D eigenvalue weighted by Gasteiger charge is -2.11. The molecule has 12 nitrogen and oxygen atoms in total. The number of para-hydroxylation sites is 3. The van der Waals surface area contributed by atoms with Gasteiger partial charge in [0.2, 0.25) is 17.8 Å². The minimum Gasteiger partial charge on any atom is -0.278 e. The van der Waals surface area contributed by atoms with Crippen LogP contribution in [0.15, 0.2) is 510 Å². The molecule has 29 rings (SSSR count). The Kier molecular flexibility index (Phi) is 21.0. The first-order valence-electron chi connectivity index (χ1n) is 48.9. The van der Waals surface area contributed by atoms with E-state index >= 15 is 0 Å². The normalized spacial score (nSPS) is 11.6. The summed E-state index contributed by atoms with van der Waals surface area (Å²) in [4.78, 5) is 45.3. The fraction of sp³-hybridized carbons (Fsp3) is 0. The molecule has 0 aliphatic heterocycles. The Hall–Kier alpha value is -19.7. The third-order valence-corrected chi connectivity index (χ3v) is 28.1. The third kappa shape index (κ3) is 15.4. The van der Waals surface area contributed by atoms with Gasteiger partial charge < -0.3 is 0 Å². The van der Waals surface area contributed by atoms with E-state index in [-0.39, 0.29) is 0 Å².